The fourth-order valence-corrected chi connectivity index (χ4v) is 12.3. The molecule has 0 aliphatic heterocycles. The van der Waals surface area contributed by atoms with Crippen molar-refractivity contribution in [3.05, 3.63) is 241 Å². The summed E-state index contributed by atoms with van der Waals surface area (Å²) < 4.78 is 6.57. The molecule has 0 fully saturated rings. The Labute approximate surface area is 369 Å². The van der Waals surface area contributed by atoms with Gasteiger partial charge in [0.2, 0.25) is 0 Å². The van der Waals surface area contributed by atoms with Crippen LogP contribution < -0.4 is 0 Å². The fraction of sp³-hybridized carbons (Fsp3) is 0.0159. The van der Waals surface area contributed by atoms with Crippen LogP contribution in [0.1, 0.15) is 22.3 Å². The van der Waals surface area contributed by atoms with Gasteiger partial charge in [0, 0.05) is 16.2 Å². The van der Waals surface area contributed by atoms with E-state index >= 15 is 0 Å². The molecule has 2 aliphatic rings. The summed E-state index contributed by atoms with van der Waals surface area (Å²) in [6, 6.07) is 81.7. The van der Waals surface area contributed by atoms with Gasteiger partial charge in [0.15, 0.2) is 0 Å². The Kier molecular flexibility index (Phi) is 6.67. The highest BCUT2D eigenvalue weighted by molar-refractivity contribution is 6.23. The minimum absolute atomic E-state index is 0.463. The molecule has 0 unspecified atom stereocenters. The summed E-state index contributed by atoms with van der Waals surface area (Å²) in [5.41, 5.74) is 17.1. The Morgan fingerprint density at radius 2 is 0.734 bits per heavy atom. The third-order valence-corrected chi connectivity index (χ3v) is 14.8. The number of fused-ring (bicyclic) bond motifs is 21. The summed E-state index contributed by atoms with van der Waals surface area (Å²) in [5.74, 6) is 0. The van der Waals surface area contributed by atoms with Crippen LogP contribution in [0.3, 0.4) is 0 Å². The van der Waals surface area contributed by atoms with Gasteiger partial charge in [0.1, 0.15) is 11.2 Å². The maximum absolute atomic E-state index is 6.57. The molecule has 1 heteroatoms. The Balaban J connectivity index is 0.982. The number of rotatable bonds is 2. The molecule has 0 saturated heterocycles. The van der Waals surface area contributed by atoms with Crippen molar-refractivity contribution in [3.8, 4) is 44.5 Å². The molecule has 2 aliphatic carbocycles. The predicted molar refractivity (Wildman–Crippen MR) is 268 cm³/mol. The molecule has 64 heavy (non-hydrogen) atoms. The Bertz CT molecular complexity index is 4100. The van der Waals surface area contributed by atoms with Crippen LogP contribution in [0.25, 0.3) is 120 Å². The molecule has 12 aromatic carbocycles. The molecule has 294 valence electrons. The maximum Gasteiger partial charge on any atom is 0.143 e. The Hall–Kier alpha value is -8.26. The molecule has 0 atom stereocenters. The molecule has 0 amide bonds. The van der Waals surface area contributed by atoms with Crippen molar-refractivity contribution in [1.29, 1.82) is 0 Å². The monoisotopic (exact) mass is 808 g/mol. The standard InChI is InChI=1S/C63H36O/c1-3-15-42-37(13-1)25-31-51-52-32-27-39-35-40(28-30-43(39)61(52)63(60(42)51)55-23-11-9-17-45(55)46-18-10-12-24-56(46)63)58-47-19-5-7-21-49(47)59(50-22-8-6-20-48(50)58)41-29-34-57-54(36-41)53-33-26-38-14-2-4-16-44(38)62(53)64-57/h1-36H. The summed E-state index contributed by atoms with van der Waals surface area (Å²) in [4.78, 5) is 0. The number of benzene rings is 12. The second-order valence-electron chi connectivity index (χ2n) is 17.8. The molecule has 1 heterocycles. The summed E-state index contributed by atoms with van der Waals surface area (Å²) in [6.07, 6.45) is 0. The van der Waals surface area contributed by atoms with E-state index in [1.54, 1.807) is 0 Å². The van der Waals surface area contributed by atoms with E-state index < -0.39 is 5.41 Å². The first-order chi connectivity index (χ1) is 31.8. The van der Waals surface area contributed by atoms with Crippen LogP contribution in [0.2, 0.25) is 0 Å². The predicted octanol–water partition coefficient (Wildman–Crippen LogP) is 17.0. The van der Waals surface area contributed by atoms with Gasteiger partial charge in [-0.15, -0.1) is 0 Å². The molecule has 0 bridgehead atoms. The Morgan fingerprint density at radius 3 is 1.38 bits per heavy atom. The maximum atomic E-state index is 6.57. The van der Waals surface area contributed by atoms with Crippen LogP contribution in [0, 0.1) is 0 Å². The summed E-state index contributed by atoms with van der Waals surface area (Å²) in [6.45, 7) is 0. The van der Waals surface area contributed by atoms with Crippen molar-refractivity contribution in [3.63, 3.8) is 0 Å². The van der Waals surface area contributed by atoms with Gasteiger partial charge in [-0.2, -0.15) is 0 Å². The van der Waals surface area contributed by atoms with E-state index in [2.05, 4.69) is 218 Å². The van der Waals surface area contributed by atoms with Gasteiger partial charge in [-0.3, -0.25) is 0 Å². The quantitative estimate of drug-likeness (QED) is 0.159. The second kappa shape index (κ2) is 12.4. The van der Waals surface area contributed by atoms with E-state index in [1.165, 1.54) is 115 Å². The average Bonchev–Trinajstić information content (AvgIpc) is 3.99. The highest BCUT2D eigenvalue weighted by Crippen LogP contribution is 2.65. The summed E-state index contributed by atoms with van der Waals surface area (Å²) >= 11 is 0. The minimum Gasteiger partial charge on any atom is -0.455 e. The molecule has 15 rings (SSSR count). The van der Waals surface area contributed by atoms with Crippen LogP contribution in [0.15, 0.2) is 223 Å². The van der Waals surface area contributed by atoms with Crippen LogP contribution in [-0.4, -0.2) is 0 Å². The highest BCUT2D eigenvalue weighted by atomic mass is 16.3. The smallest absolute Gasteiger partial charge is 0.143 e. The lowest BCUT2D eigenvalue weighted by Gasteiger charge is -2.32. The topological polar surface area (TPSA) is 13.1 Å². The second-order valence-corrected chi connectivity index (χ2v) is 17.8. The minimum atomic E-state index is -0.463. The molecule has 1 nitrogen and oxygen atoms in total. The SMILES string of the molecule is c1ccc2c(c1)-c1ccccc1C21c2c(ccc3ccccc23)-c2ccc3cc(-c4c5ccccc5c(-c5ccc6oc7c8ccccc8ccc7c6c5)c5ccccc45)ccc3c21. The van der Waals surface area contributed by atoms with E-state index in [1.807, 2.05) is 0 Å². The first-order valence-corrected chi connectivity index (χ1v) is 22.3. The largest absolute Gasteiger partial charge is 0.455 e. The molecule has 1 spiro atoms. The first kappa shape index (κ1) is 34.3. The van der Waals surface area contributed by atoms with Crippen molar-refractivity contribution in [2.75, 3.05) is 0 Å². The molecule has 0 radical (unpaired) electrons. The van der Waals surface area contributed by atoms with Crippen LogP contribution in [0.4, 0.5) is 0 Å². The van der Waals surface area contributed by atoms with Crippen LogP contribution >= 0.6 is 0 Å². The zero-order chi connectivity index (χ0) is 41.7. The van der Waals surface area contributed by atoms with Crippen molar-refractivity contribution < 1.29 is 4.42 Å². The lowest BCUT2D eigenvalue weighted by atomic mass is 9.68. The highest BCUT2D eigenvalue weighted by Gasteiger charge is 2.53. The lowest BCUT2D eigenvalue weighted by molar-refractivity contribution is 0.672. The van der Waals surface area contributed by atoms with E-state index in [0.717, 1.165) is 27.3 Å². The van der Waals surface area contributed by atoms with Gasteiger partial charge in [-0.05, 0) is 140 Å². The van der Waals surface area contributed by atoms with E-state index in [4.69, 9.17) is 4.42 Å². The average molecular weight is 809 g/mol. The van der Waals surface area contributed by atoms with Gasteiger partial charge in [0.25, 0.3) is 0 Å². The van der Waals surface area contributed by atoms with Crippen LogP contribution in [0.5, 0.6) is 0 Å². The van der Waals surface area contributed by atoms with Crippen molar-refractivity contribution in [1.82, 2.24) is 0 Å². The van der Waals surface area contributed by atoms with Gasteiger partial charge in [0.05, 0.1) is 5.41 Å². The normalized spacial score (nSPS) is 13.4. The third kappa shape index (κ3) is 4.29. The van der Waals surface area contributed by atoms with E-state index in [9.17, 15) is 0 Å². The lowest BCUT2D eigenvalue weighted by Crippen LogP contribution is -2.26. The van der Waals surface area contributed by atoms with Crippen molar-refractivity contribution in [2.24, 2.45) is 0 Å². The summed E-state index contributed by atoms with van der Waals surface area (Å²) in [7, 11) is 0. The van der Waals surface area contributed by atoms with E-state index in [0.29, 0.717) is 0 Å². The third-order valence-electron chi connectivity index (χ3n) is 14.8. The zero-order valence-electron chi connectivity index (χ0n) is 34.7. The molecule has 0 saturated carbocycles. The van der Waals surface area contributed by atoms with Crippen molar-refractivity contribution in [2.45, 2.75) is 5.41 Å². The first-order valence-electron chi connectivity index (χ1n) is 22.3. The molecular weight excluding hydrogens is 773 g/mol. The molecule has 13 aromatic rings. The van der Waals surface area contributed by atoms with Gasteiger partial charge in [-0.1, -0.05) is 194 Å². The zero-order valence-corrected chi connectivity index (χ0v) is 34.7. The van der Waals surface area contributed by atoms with Gasteiger partial charge in [-0.25, -0.2) is 0 Å². The molecule has 1 aromatic heterocycles. The van der Waals surface area contributed by atoms with Gasteiger partial charge < -0.3 is 4.42 Å². The van der Waals surface area contributed by atoms with Crippen molar-refractivity contribution >= 4 is 75.8 Å². The molecular formula is C63H36O. The fourth-order valence-electron chi connectivity index (χ4n) is 12.3. The van der Waals surface area contributed by atoms with Crippen LogP contribution in [-0.2, 0) is 5.41 Å². The van der Waals surface area contributed by atoms with Gasteiger partial charge >= 0.3 is 0 Å². The van der Waals surface area contributed by atoms with E-state index in [-0.39, 0.29) is 0 Å². The number of hydrogen-bond donors (Lipinski definition) is 0. The Morgan fingerprint density at radius 1 is 0.281 bits per heavy atom. The summed E-state index contributed by atoms with van der Waals surface area (Å²) in [5, 5.41) is 14.7. The number of hydrogen-bond acceptors (Lipinski definition) is 1. The number of furan rings is 1. The molecule has 0 N–H and O–H groups in total.